The van der Waals surface area contributed by atoms with Gasteiger partial charge in [-0.25, -0.2) is 9.13 Å². The van der Waals surface area contributed by atoms with Crippen molar-refractivity contribution in [1.29, 1.82) is 0 Å². The number of unbranched alkanes of at least 4 members (excludes halogenated alkanes) is 11. The zero-order chi connectivity index (χ0) is 69.5. The highest BCUT2D eigenvalue weighted by molar-refractivity contribution is 7.47. The van der Waals surface area contributed by atoms with Crippen LogP contribution in [0.1, 0.15) is 226 Å². The molecule has 0 amide bonds. The second-order valence-corrected chi connectivity index (χ2v) is 25.4. The van der Waals surface area contributed by atoms with Gasteiger partial charge in [-0.05, 0) is 154 Å². The van der Waals surface area contributed by atoms with Crippen molar-refractivity contribution < 1.29 is 75.8 Å². The maximum Gasteiger partial charge on any atom is 0.472 e. The number of aliphatic hydroxyl groups excluding tert-OH is 2. The SMILES string of the molecule is CC/C=C\C/C=C\C/C=C\C/C=C\C/C=C\C/C=C\CCCCC(=O)OCC(O)COP(=O)(O)OCC(O)COP(=O)(O)OCC(COC(=O)CCCC/C=C\C/C=C\C/C=C\C/C=C\C/C=C\C/C=C\CC)OC(=O)CCCCCCCCC/C=C\C/C=C\C/C=C\CC. The van der Waals surface area contributed by atoms with Crippen LogP contribution in [0, 0.1) is 0 Å². The maximum atomic E-state index is 13.0. The fourth-order valence-electron chi connectivity index (χ4n) is 8.35. The van der Waals surface area contributed by atoms with E-state index in [1.807, 2.05) is 0 Å². The van der Waals surface area contributed by atoms with Crippen molar-refractivity contribution in [2.24, 2.45) is 0 Å². The monoisotopic (exact) mass is 1360 g/mol. The number of esters is 3. The van der Waals surface area contributed by atoms with Gasteiger partial charge in [0.15, 0.2) is 6.10 Å². The molecule has 536 valence electrons. The minimum atomic E-state index is -4.95. The first-order valence-electron chi connectivity index (χ1n) is 35.1. The summed E-state index contributed by atoms with van der Waals surface area (Å²) in [6.45, 7) is 2.18. The molecule has 16 nitrogen and oxygen atoms in total. The van der Waals surface area contributed by atoms with Gasteiger partial charge in [0.25, 0.3) is 0 Å². The molecule has 0 aliphatic heterocycles. The van der Waals surface area contributed by atoms with Crippen molar-refractivity contribution in [3.8, 4) is 0 Å². The molecule has 0 spiro atoms. The number of aliphatic hydroxyl groups is 2. The number of rotatable bonds is 64. The first-order chi connectivity index (χ1) is 46.2. The van der Waals surface area contributed by atoms with E-state index < -0.39 is 91.5 Å². The molecule has 0 aromatic carbocycles. The van der Waals surface area contributed by atoms with Crippen molar-refractivity contribution in [3.63, 3.8) is 0 Å². The Hall–Kier alpha value is -5.35. The number of phosphoric ester groups is 2. The van der Waals surface area contributed by atoms with Crippen LogP contribution < -0.4 is 0 Å². The van der Waals surface area contributed by atoms with Crippen molar-refractivity contribution >= 4 is 33.6 Å². The lowest BCUT2D eigenvalue weighted by Gasteiger charge is -2.21. The first-order valence-corrected chi connectivity index (χ1v) is 38.1. The topological polar surface area (TPSA) is 231 Å². The minimum Gasteiger partial charge on any atom is -0.463 e. The van der Waals surface area contributed by atoms with Gasteiger partial charge in [0, 0.05) is 19.3 Å². The molecule has 0 bridgehead atoms. The summed E-state index contributed by atoms with van der Waals surface area (Å²) in [7, 11) is -9.83. The van der Waals surface area contributed by atoms with Crippen LogP contribution in [0.15, 0.2) is 182 Å². The molecular weight excluding hydrogens is 1240 g/mol. The highest BCUT2D eigenvalue weighted by Gasteiger charge is 2.29. The predicted octanol–water partition coefficient (Wildman–Crippen LogP) is 19.9. The van der Waals surface area contributed by atoms with Crippen LogP contribution in [0.25, 0.3) is 0 Å². The molecule has 95 heavy (non-hydrogen) atoms. The zero-order valence-corrected chi connectivity index (χ0v) is 59.8. The molecule has 0 radical (unpaired) electrons. The molecule has 0 rings (SSSR count). The summed E-state index contributed by atoms with van der Waals surface area (Å²) < 4.78 is 60.9. The third-order valence-corrected chi connectivity index (χ3v) is 15.5. The van der Waals surface area contributed by atoms with Gasteiger partial charge in [-0.3, -0.25) is 32.5 Å². The molecular formula is C77H122O16P2. The Morgan fingerprint density at radius 2 is 0.526 bits per heavy atom. The summed E-state index contributed by atoms with van der Waals surface area (Å²) in [5.74, 6) is -1.70. The van der Waals surface area contributed by atoms with Crippen molar-refractivity contribution in [2.45, 2.75) is 245 Å². The lowest BCUT2D eigenvalue weighted by molar-refractivity contribution is -0.161. The van der Waals surface area contributed by atoms with Crippen LogP contribution in [-0.2, 0) is 55.8 Å². The first kappa shape index (κ1) is 89.6. The van der Waals surface area contributed by atoms with E-state index in [0.717, 1.165) is 167 Å². The number of allylic oxidation sites excluding steroid dienone is 30. The van der Waals surface area contributed by atoms with Gasteiger partial charge in [-0.1, -0.05) is 235 Å². The second kappa shape index (κ2) is 68.6. The van der Waals surface area contributed by atoms with Crippen LogP contribution in [0.2, 0.25) is 0 Å². The van der Waals surface area contributed by atoms with Crippen molar-refractivity contribution in [2.75, 3.05) is 39.6 Å². The number of hydrogen-bond acceptors (Lipinski definition) is 14. The van der Waals surface area contributed by atoms with Gasteiger partial charge in [0.05, 0.1) is 26.4 Å². The van der Waals surface area contributed by atoms with Gasteiger partial charge in [0.2, 0.25) is 0 Å². The van der Waals surface area contributed by atoms with Gasteiger partial charge in [-0.15, -0.1) is 0 Å². The third-order valence-electron chi connectivity index (χ3n) is 13.6. The van der Waals surface area contributed by atoms with Crippen LogP contribution >= 0.6 is 15.6 Å². The van der Waals surface area contributed by atoms with Crippen LogP contribution in [0.4, 0.5) is 0 Å². The molecule has 18 heteroatoms. The van der Waals surface area contributed by atoms with E-state index in [1.165, 1.54) is 0 Å². The average molecular weight is 1370 g/mol. The van der Waals surface area contributed by atoms with Crippen molar-refractivity contribution in [3.05, 3.63) is 182 Å². The summed E-state index contributed by atoms with van der Waals surface area (Å²) >= 11 is 0. The predicted molar refractivity (Wildman–Crippen MR) is 389 cm³/mol. The highest BCUT2D eigenvalue weighted by Crippen LogP contribution is 2.45. The Kier molecular flexibility index (Phi) is 64.7. The van der Waals surface area contributed by atoms with Crippen LogP contribution in [0.5, 0.6) is 0 Å². The Morgan fingerprint density at radius 1 is 0.295 bits per heavy atom. The summed E-state index contributed by atoms with van der Waals surface area (Å²) in [5.41, 5.74) is 0. The van der Waals surface area contributed by atoms with Crippen LogP contribution in [0.3, 0.4) is 0 Å². The van der Waals surface area contributed by atoms with E-state index in [9.17, 15) is 43.5 Å². The minimum absolute atomic E-state index is 0.0742. The number of ether oxygens (including phenoxy) is 3. The van der Waals surface area contributed by atoms with Gasteiger partial charge >= 0.3 is 33.6 Å². The van der Waals surface area contributed by atoms with E-state index in [-0.39, 0.29) is 19.3 Å². The second-order valence-electron chi connectivity index (χ2n) is 22.5. The van der Waals surface area contributed by atoms with E-state index in [2.05, 4.69) is 203 Å². The molecule has 0 aromatic heterocycles. The molecule has 5 unspecified atom stereocenters. The average Bonchev–Trinajstić information content (AvgIpc) is 1.99. The Balaban J connectivity index is 4.82. The van der Waals surface area contributed by atoms with E-state index in [0.29, 0.717) is 19.3 Å². The zero-order valence-electron chi connectivity index (χ0n) is 58.0. The summed E-state index contributed by atoms with van der Waals surface area (Å²) in [6, 6.07) is 0. The normalized spacial score (nSPS) is 15.2. The van der Waals surface area contributed by atoms with E-state index >= 15 is 0 Å². The van der Waals surface area contributed by atoms with Crippen molar-refractivity contribution in [1.82, 2.24) is 0 Å². The molecule has 0 aromatic rings. The largest absolute Gasteiger partial charge is 0.472 e. The lowest BCUT2D eigenvalue weighted by Crippen LogP contribution is -2.30. The quantitative estimate of drug-likeness (QED) is 0.0146. The summed E-state index contributed by atoms with van der Waals surface area (Å²) in [4.78, 5) is 58.5. The number of hydrogen-bond donors (Lipinski definition) is 4. The Labute approximate surface area is 573 Å². The maximum absolute atomic E-state index is 13.0. The van der Waals surface area contributed by atoms with Crippen LogP contribution in [-0.4, -0.2) is 95.9 Å². The molecule has 0 fully saturated rings. The molecule has 0 heterocycles. The number of carbonyl (C=O) groups is 3. The van der Waals surface area contributed by atoms with E-state index in [1.54, 1.807) is 0 Å². The van der Waals surface area contributed by atoms with Gasteiger partial charge in [0.1, 0.15) is 25.4 Å². The molecule has 0 aliphatic carbocycles. The number of phosphoric acid groups is 2. The summed E-state index contributed by atoms with van der Waals surface area (Å²) in [5, 5.41) is 20.6. The Bertz CT molecular complexity index is 2460. The number of carbonyl (C=O) groups excluding carboxylic acids is 3. The molecule has 5 atom stereocenters. The van der Waals surface area contributed by atoms with E-state index in [4.69, 9.17) is 32.3 Å². The van der Waals surface area contributed by atoms with Gasteiger partial charge in [-0.2, -0.15) is 0 Å². The van der Waals surface area contributed by atoms with Gasteiger partial charge < -0.3 is 34.2 Å². The molecule has 0 aliphatic rings. The Morgan fingerprint density at radius 3 is 0.853 bits per heavy atom. The summed E-state index contributed by atoms with van der Waals surface area (Å²) in [6.07, 6.45) is 86.6. The lowest BCUT2D eigenvalue weighted by atomic mass is 10.1. The molecule has 0 saturated carbocycles. The standard InChI is InChI=1S/C77H122O16P2/c1-4-7-10-13-16-19-22-25-28-31-33-35-37-40-42-45-48-51-54-57-60-63-75(80)87-66-72(78)67-89-94(83,84)90-68-73(79)69-91-95(85,86)92-71-74(93-77(82)65-62-59-56-53-50-47-44-39-30-27-24-21-18-15-12-9-6-3)70-88-76(81)64-61-58-55-52-49-46-43-41-38-36-34-32-29-26-23-20-17-14-11-8-5-2/h7-12,16-21,25-30,33-36,40-43,48-49,51-52,72-74,78-79H,4-6,13-15,22-24,31-32,37-39,44-47,50,53-71H2,1-3H3,(H,83,84)(H,85,86)/b10-7-,11-8-,12-9-,19-16-,20-17-,21-18-,28-25-,29-26-,30-27-,35-33-,36-34-,42-40-,43-41-,51-48-,52-49-. The third kappa shape index (κ3) is 69.8. The fraction of sp³-hybridized carbons (Fsp3) is 0.571. The molecule has 0 saturated heterocycles. The fourth-order valence-corrected chi connectivity index (χ4v) is 9.94. The smallest absolute Gasteiger partial charge is 0.463 e. The molecule has 4 N–H and O–H groups in total. The highest BCUT2D eigenvalue weighted by atomic mass is 31.2.